The number of hydrogen-bond acceptors (Lipinski definition) is 3. The molecule has 0 aliphatic heterocycles. The van der Waals surface area contributed by atoms with Crippen LogP contribution < -0.4 is 4.72 Å². The van der Waals surface area contributed by atoms with Crippen LogP contribution >= 0.6 is 0 Å². The van der Waals surface area contributed by atoms with Gasteiger partial charge in [0.25, 0.3) is 0 Å². The van der Waals surface area contributed by atoms with Crippen molar-refractivity contribution in [3.8, 4) is 0 Å². The fourth-order valence-corrected chi connectivity index (χ4v) is 4.83. The third-order valence-corrected chi connectivity index (χ3v) is 6.63. The number of carboxylic acid groups (broad SMARTS) is 1. The number of aliphatic carboxylic acids is 1. The van der Waals surface area contributed by atoms with Gasteiger partial charge in [0.1, 0.15) is 6.04 Å². The normalized spacial score (nSPS) is 16.7. The molecule has 0 unspecified atom stereocenters. The zero-order valence-electron chi connectivity index (χ0n) is 15.2. The molecule has 1 saturated carbocycles. The lowest BCUT2D eigenvalue weighted by Crippen LogP contribution is -2.42. The molecule has 27 heavy (non-hydrogen) atoms. The Morgan fingerprint density at radius 2 is 1.63 bits per heavy atom. The van der Waals surface area contributed by atoms with Gasteiger partial charge in [0.05, 0.1) is 4.90 Å². The molecule has 144 valence electrons. The van der Waals surface area contributed by atoms with Crippen LogP contribution in [0.25, 0.3) is 0 Å². The van der Waals surface area contributed by atoms with Crippen LogP contribution in [-0.4, -0.2) is 25.5 Å². The Hall–Kier alpha value is -2.18. The maximum atomic E-state index is 12.7. The van der Waals surface area contributed by atoms with E-state index in [2.05, 4.69) is 4.72 Å². The monoisotopic (exact) mass is 387 g/mol. The summed E-state index contributed by atoms with van der Waals surface area (Å²) in [6, 6.07) is 14.6. The Morgan fingerprint density at radius 3 is 2.22 bits per heavy atom. The van der Waals surface area contributed by atoms with Crippen LogP contribution in [0.3, 0.4) is 0 Å². The van der Waals surface area contributed by atoms with E-state index in [-0.39, 0.29) is 11.3 Å². The predicted octanol–water partition coefficient (Wildman–Crippen LogP) is 3.71. The summed E-state index contributed by atoms with van der Waals surface area (Å²) in [7, 11) is -3.90. The van der Waals surface area contributed by atoms with Gasteiger partial charge in [0.2, 0.25) is 10.0 Å². The molecule has 1 aliphatic carbocycles. The largest absolute Gasteiger partial charge is 0.480 e. The molecule has 1 aliphatic rings. The molecule has 1 atom stereocenters. The minimum atomic E-state index is -3.90. The van der Waals surface area contributed by atoms with E-state index in [4.69, 9.17) is 0 Å². The summed E-state index contributed by atoms with van der Waals surface area (Å²) in [6.07, 6.45) is 6.07. The van der Waals surface area contributed by atoms with Gasteiger partial charge in [-0.1, -0.05) is 61.7 Å². The Kier molecular flexibility index (Phi) is 6.29. The van der Waals surface area contributed by atoms with E-state index in [9.17, 15) is 18.3 Å². The molecule has 5 nitrogen and oxygen atoms in total. The molecular weight excluding hydrogens is 362 g/mol. The topological polar surface area (TPSA) is 83.5 Å². The second kappa shape index (κ2) is 8.67. The zero-order valence-corrected chi connectivity index (χ0v) is 16.0. The molecule has 3 rings (SSSR count). The van der Waals surface area contributed by atoms with Gasteiger partial charge in [-0.2, -0.15) is 4.72 Å². The van der Waals surface area contributed by atoms with Crippen LogP contribution in [0.2, 0.25) is 0 Å². The third kappa shape index (κ3) is 5.17. The second-order valence-corrected chi connectivity index (χ2v) is 8.82. The summed E-state index contributed by atoms with van der Waals surface area (Å²) in [5, 5.41) is 9.43. The summed E-state index contributed by atoms with van der Waals surface area (Å²) in [5.74, 6) is -0.699. The van der Waals surface area contributed by atoms with Crippen molar-refractivity contribution in [2.45, 2.75) is 55.4 Å². The van der Waals surface area contributed by atoms with Crippen molar-refractivity contribution in [1.29, 1.82) is 0 Å². The van der Waals surface area contributed by atoms with Gasteiger partial charge < -0.3 is 5.11 Å². The number of nitrogens with one attached hydrogen (secondary N) is 1. The molecule has 2 N–H and O–H groups in total. The summed E-state index contributed by atoms with van der Waals surface area (Å²) in [4.78, 5) is 11.6. The average Bonchev–Trinajstić information content (AvgIpc) is 2.69. The lowest BCUT2D eigenvalue weighted by Gasteiger charge is -2.22. The summed E-state index contributed by atoms with van der Waals surface area (Å²) >= 11 is 0. The van der Waals surface area contributed by atoms with Gasteiger partial charge in [-0.25, -0.2) is 8.42 Å². The Morgan fingerprint density at radius 1 is 1.00 bits per heavy atom. The molecule has 0 aromatic heterocycles. The van der Waals surface area contributed by atoms with Gasteiger partial charge in [0, 0.05) is 0 Å². The van der Waals surface area contributed by atoms with Gasteiger partial charge in [-0.05, 0) is 48.4 Å². The number of hydrogen-bond donors (Lipinski definition) is 2. The van der Waals surface area contributed by atoms with Crippen LogP contribution in [0.5, 0.6) is 0 Å². The standard InChI is InChI=1S/C21H25NO4S/c23-21(24)20(15-16-7-3-1-4-8-16)22-27(25,26)19-13-11-18(12-14-19)17-9-5-2-6-10-17/h1,3-4,7-8,11-14,17,20,22H,2,5-6,9-10,15H2,(H,23,24)/t20-/m0/s1. The molecule has 0 heterocycles. The first-order chi connectivity index (χ1) is 13.0. The SMILES string of the molecule is O=C(O)[C@H](Cc1ccccc1)NS(=O)(=O)c1ccc(C2CCCCC2)cc1. The van der Waals surface area contributed by atoms with E-state index >= 15 is 0 Å². The average molecular weight is 388 g/mol. The van der Waals surface area contributed by atoms with E-state index < -0.39 is 22.0 Å². The van der Waals surface area contributed by atoms with Crippen molar-refractivity contribution in [3.63, 3.8) is 0 Å². The number of rotatable bonds is 7. The lowest BCUT2D eigenvalue weighted by molar-refractivity contribution is -0.138. The molecule has 2 aromatic rings. The van der Waals surface area contributed by atoms with Gasteiger partial charge in [-0.15, -0.1) is 0 Å². The first-order valence-electron chi connectivity index (χ1n) is 9.35. The Labute approximate surface area is 160 Å². The highest BCUT2D eigenvalue weighted by atomic mass is 32.2. The van der Waals surface area contributed by atoms with E-state index in [1.54, 1.807) is 36.4 Å². The van der Waals surface area contributed by atoms with E-state index in [1.165, 1.54) is 19.3 Å². The maximum absolute atomic E-state index is 12.7. The molecule has 0 spiro atoms. The van der Waals surface area contributed by atoms with E-state index in [0.717, 1.165) is 24.0 Å². The van der Waals surface area contributed by atoms with Crippen molar-refractivity contribution in [2.24, 2.45) is 0 Å². The highest BCUT2D eigenvalue weighted by Crippen LogP contribution is 2.32. The highest BCUT2D eigenvalue weighted by molar-refractivity contribution is 7.89. The molecule has 0 bridgehead atoms. The van der Waals surface area contributed by atoms with E-state index in [1.807, 2.05) is 18.2 Å². The summed E-state index contributed by atoms with van der Waals surface area (Å²) < 4.78 is 27.6. The maximum Gasteiger partial charge on any atom is 0.322 e. The molecule has 0 amide bonds. The first-order valence-corrected chi connectivity index (χ1v) is 10.8. The van der Waals surface area contributed by atoms with Crippen LogP contribution in [0, 0.1) is 0 Å². The number of carboxylic acids is 1. The van der Waals surface area contributed by atoms with Gasteiger partial charge in [-0.3, -0.25) is 4.79 Å². The molecule has 6 heteroatoms. The van der Waals surface area contributed by atoms with Crippen LogP contribution in [0.4, 0.5) is 0 Å². The number of carbonyl (C=O) groups is 1. The first kappa shape index (κ1) is 19.6. The van der Waals surface area contributed by atoms with Crippen molar-refractivity contribution < 1.29 is 18.3 Å². The predicted molar refractivity (Wildman–Crippen MR) is 104 cm³/mol. The highest BCUT2D eigenvalue weighted by Gasteiger charge is 2.26. The lowest BCUT2D eigenvalue weighted by atomic mass is 9.84. The van der Waals surface area contributed by atoms with Gasteiger partial charge in [0.15, 0.2) is 0 Å². The third-order valence-electron chi connectivity index (χ3n) is 5.15. The molecule has 2 aromatic carbocycles. The summed E-state index contributed by atoms with van der Waals surface area (Å²) in [5.41, 5.74) is 1.92. The van der Waals surface area contributed by atoms with Crippen molar-refractivity contribution in [2.75, 3.05) is 0 Å². The van der Waals surface area contributed by atoms with E-state index in [0.29, 0.717) is 5.92 Å². The van der Waals surface area contributed by atoms with Crippen molar-refractivity contribution in [1.82, 2.24) is 4.72 Å². The van der Waals surface area contributed by atoms with Crippen molar-refractivity contribution in [3.05, 3.63) is 65.7 Å². The van der Waals surface area contributed by atoms with Crippen LogP contribution in [-0.2, 0) is 21.2 Å². The second-order valence-electron chi connectivity index (χ2n) is 7.11. The summed E-state index contributed by atoms with van der Waals surface area (Å²) in [6.45, 7) is 0. The van der Waals surface area contributed by atoms with Crippen LogP contribution in [0.1, 0.15) is 49.1 Å². The molecule has 1 fully saturated rings. The van der Waals surface area contributed by atoms with Crippen molar-refractivity contribution >= 4 is 16.0 Å². The number of benzene rings is 2. The fraction of sp³-hybridized carbons (Fsp3) is 0.381. The molecule has 0 saturated heterocycles. The van der Waals surface area contributed by atoms with Crippen LogP contribution in [0.15, 0.2) is 59.5 Å². The molecular formula is C21H25NO4S. The Balaban J connectivity index is 1.73. The zero-order chi connectivity index (χ0) is 19.3. The number of sulfonamides is 1. The fourth-order valence-electron chi connectivity index (χ4n) is 3.64. The molecule has 0 radical (unpaired) electrons. The Bertz CT molecular complexity index is 857. The minimum Gasteiger partial charge on any atom is -0.480 e. The smallest absolute Gasteiger partial charge is 0.322 e. The van der Waals surface area contributed by atoms with Gasteiger partial charge >= 0.3 is 5.97 Å². The minimum absolute atomic E-state index is 0.0928. The quantitative estimate of drug-likeness (QED) is 0.759.